The molecule has 1 aromatic heterocycles. The number of hydrogen-bond acceptors (Lipinski definition) is 5. The molecule has 0 aliphatic rings. The summed E-state index contributed by atoms with van der Waals surface area (Å²) in [6.45, 7) is -0.237. The summed E-state index contributed by atoms with van der Waals surface area (Å²) in [6, 6.07) is 13.6. The molecular formula is C24H15Cl2F4N3O2. The van der Waals surface area contributed by atoms with Gasteiger partial charge in [0.15, 0.2) is 5.69 Å². The van der Waals surface area contributed by atoms with E-state index >= 15 is 0 Å². The van der Waals surface area contributed by atoms with Gasteiger partial charge in [-0.2, -0.15) is 13.2 Å². The van der Waals surface area contributed by atoms with Gasteiger partial charge in [0.05, 0.1) is 10.7 Å². The van der Waals surface area contributed by atoms with Crippen molar-refractivity contribution in [3.05, 3.63) is 87.8 Å². The Morgan fingerprint density at radius 3 is 2.31 bits per heavy atom. The van der Waals surface area contributed by atoms with Crippen molar-refractivity contribution in [1.82, 2.24) is 9.97 Å². The topological polar surface area (TPSA) is 81.3 Å². The average molecular weight is 524 g/mol. The molecule has 4 aromatic rings. The van der Waals surface area contributed by atoms with Crippen LogP contribution in [0.3, 0.4) is 0 Å². The Morgan fingerprint density at radius 2 is 1.69 bits per heavy atom. The summed E-state index contributed by atoms with van der Waals surface area (Å²) in [5.41, 5.74) is 3.87. The number of aromatic hydroxyl groups is 1. The lowest BCUT2D eigenvalue weighted by Gasteiger charge is -2.18. The largest absolute Gasteiger partial charge is 0.507 e. The van der Waals surface area contributed by atoms with Gasteiger partial charge < -0.3 is 15.6 Å². The quantitative estimate of drug-likeness (QED) is 0.271. The Kier molecular flexibility index (Phi) is 6.73. The SMILES string of the molecule is Nc1nc(-c2ccc(OCc3c(F)cccc3Cl)cc2O)c(-c2ccc(Cl)cc2)c(C(F)(F)F)n1. The maximum atomic E-state index is 14.0. The minimum Gasteiger partial charge on any atom is -0.507 e. The normalized spacial score (nSPS) is 11.5. The summed E-state index contributed by atoms with van der Waals surface area (Å²) < 4.78 is 61.2. The molecule has 0 radical (unpaired) electrons. The molecule has 5 nitrogen and oxygen atoms in total. The van der Waals surface area contributed by atoms with Crippen LogP contribution in [0.1, 0.15) is 11.3 Å². The zero-order valence-corrected chi connectivity index (χ0v) is 19.1. The van der Waals surface area contributed by atoms with Crippen LogP contribution in [0, 0.1) is 5.82 Å². The van der Waals surface area contributed by atoms with Crippen LogP contribution in [0.5, 0.6) is 11.5 Å². The van der Waals surface area contributed by atoms with Gasteiger partial charge in [-0.3, -0.25) is 0 Å². The monoisotopic (exact) mass is 523 g/mol. The van der Waals surface area contributed by atoms with E-state index in [2.05, 4.69) is 9.97 Å². The summed E-state index contributed by atoms with van der Waals surface area (Å²) in [5, 5.41) is 11.1. The van der Waals surface area contributed by atoms with Gasteiger partial charge in [-0.25, -0.2) is 14.4 Å². The van der Waals surface area contributed by atoms with Gasteiger partial charge in [0.2, 0.25) is 5.95 Å². The van der Waals surface area contributed by atoms with Gasteiger partial charge in [0, 0.05) is 27.8 Å². The molecular weight excluding hydrogens is 509 g/mol. The number of phenols is 1. The molecule has 0 aliphatic heterocycles. The number of rotatable bonds is 5. The van der Waals surface area contributed by atoms with Gasteiger partial charge in [-0.1, -0.05) is 41.4 Å². The summed E-state index contributed by atoms with van der Waals surface area (Å²) in [5.74, 6) is -1.51. The number of alkyl halides is 3. The highest BCUT2D eigenvalue weighted by molar-refractivity contribution is 6.31. The molecule has 0 saturated carbocycles. The van der Waals surface area contributed by atoms with E-state index in [1.807, 2.05) is 0 Å². The molecule has 35 heavy (non-hydrogen) atoms. The van der Waals surface area contributed by atoms with E-state index in [1.54, 1.807) is 0 Å². The third kappa shape index (κ3) is 5.26. The van der Waals surface area contributed by atoms with Crippen LogP contribution in [-0.4, -0.2) is 15.1 Å². The zero-order valence-electron chi connectivity index (χ0n) is 17.6. The molecule has 0 atom stereocenters. The smallest absolute Gasteiger partial charge is 0.434 e. The lowest BCUT2D eigenvalue weighted by molar-refractivity contribution is -0.140. The van der Waals surface area contributed by atoms with E-state index in [1.165, 1.54) is 60.7 Å². The maximum Gasteiger partial charge on any atom is 0.434 e. The molecule has 0 spiro atoms. The molecule has 0 saturated heterocycles. The van der Waals surface area contributed by atoms with E-state index in [9.17, 15) is 22.7 Å². The van der Waals surface area contributed by atoms with Gasteiger partial charge >= 0.3 is 6.18 Å². The van der Waals surface area contributed by atoms with E-state index in [0.29, 0.717) is 5.02 Å². The summed E-state index contributed by atoms with van der Waals surface area (Å²) in [6.07, 6.45) is -4.86. The Bertz CT molecular complexity index is 1380. The summed E-state index contributed by atoms with van der Waals surface area (Å²) in [7, 11) is 0. The van der Waals surface area contributed by atoms with E-state index in [0.717, 1.165) is 0 Å². The number of benzene rings is 3. The summed E-state index contributed by atoms with van der Waals surface area (Å²) >= 11 is 11.9. The van der Waals surface area contributed by atoms with Gasteiger partial charge in [0.1, 0.15) is 23.9 Å². The fourth-order valence-corrected chi connectivity index (χ4v) is 3.74. The number of nitrogen functional groups attached to an aromatic ring is 1. The van der Waals surface area contributed by atoms with Crippen molar-refractivity contribution in [2.45, 2.75) is 12.8 Å². The Morgan fingerprint density at radius 1 is 0.971 bits per heavy atom. The summed E-state index contributed by atoms with van der Waals surface area (Å²) in [4.78, 5) is 7.40. The third-order valence-corrected chi connectivity index (χ3v) is 5.60. The first kappa shape index (κ1) is 24.6. The molecule has 11 heteroatoms. The number of hydrogen-bond donors (Lipinski definition) is 2. The number of aromatic nitrogens is 2. The number of nitrogens with two attached hydrogens (primary N) is 1. The minimum absolute atomic E-state index is 0.0502. The fraction of sp³-hybridized carbons (Fsp3) is 0.0833. The first-order valence-electron chi connectivity index (χ1n) is 9.94. The molecule has 180 valence electrons. The lowest BCUT2D eigenvalue weighted by Crippen LogP contribution is -2.14. The predicted molar refractivity (Wildman–Crippen MR) is 125 cm³/mol. The fourth-order valence-electron chi connectivity index (χ4n) is 3.40. The maximum absolute atomic E-state index is 14.0. The highest BCUT2D eigenvalue weighted by atomic mass is 35.5. The predicted octanol–water partition coefficient (Wildman–Crippen LogP) is 7.14. The van der Waals surface area contributed by atoms with Crippen LogP contribution in [-0.2, 0) is 12.8 Å². The van der Waals surface area contributed by atoms with Crippen LogP contribution in [0.2, 0.25) is 10.0 Å². The first-order valence-corrected chi connectivity index (χ1v) is 10.7. The van der Waals surface area contributed by atoms with Crippen LogP contribution >= 0.6 is 23.2 Å². The molecule has 0 fully saturated rings. The molecule has 4 rings (SSSR count). The molecule has 0 amide bonds. The standard InChI is InChI=1S/C24H15Cl2F4N3O2/c25-13-6-4-12(5-7-13)20-21(32-23(31)33-22(20)24(28,29)30)15-9-8-14(10-19(15)34)35-11-16-17(26)2-1-3-18(16)27/h1-10,34H,11H2,(H2,31,32,33). The highest BCUT2D eigenvalue weighted by Gasteiger charge is 2.38. The zero-order chi connectivity index (χ0) is 25.3. The van der Waals surface area contributed by atoms with Crippen LogP contribution in [0.4, 0.5) is 23.5 Å². The van der Waals surface area contributed by atoms with E-state index in [-0.39, 0.29) is 45.3 Å². The minimum atomic E-state index is -4.86. The molecule has 0 aliphatic carbocycles. The van der Waals surface area contributed by atoms with E-state index < -0.39 is 29.4 Å². The van der Waals surface area contributed by atoms with Crippen LogP contribution in [0.25, 0.3) is 22.4 Å². The second-order valence-corrected chi connectivity index (χ2v) is 8.17. The van der Waals surface area contributed by atoms with Crippen molar-refractivity contribution in [3.8, 4) is 33.9 Å². The number of anilines is 1. The molecule has 3 N–H and O–H groups in total. The van der Waals surface area contributed by atoms with Gasteiger partial charge in [-0.05, 0) is 42.0 Å². The lowest BCUT2D eigenvalue weighted by atomic mass is 9.96. The third-order valence-electron chi connectivity index (χ3n) is 5.00. The van der Waals surface area contributed by atoms with Crippen molar-refractivity contribution in [2.75, 3.05) is 5.73 Å². The Balaban J connectivity index is 1.78. The Hall–Kier alpha value is -3.56. The average Bonchev–Trinajstić information content (AvgIpc) is 2.78. The number of ether oxygens (including phenoxy) is 1. The van der Waals surface area contributed by atoms with Gasteiger partial charge in [0.25, 0.3) is 0 Å². The van der Waals surface area contributed by atoms with Crippen LogP contribution in [0.15, 0.2) is 60.7 Å². The highest BCUT2D eigenvalue weighted by Crippen LogP contribution is 2.44. The first-order chi connectivity index (χ1) is 16.5. The molecule has 3 aromatic carbocycles. The molecule has 0 bridgehead atoms. The molecule has 0 unspecified atom stereocenters. The number of halogens is 6. The second kappa shape index (κ2) is 9.59. The second-order valence-electron chi connectivity index (χ2n) is 7.33. The van der Waals surface area contributed by atoms with Crippen LogP contribution < -0.4 is 10.5 Å². The molecule has 1 heterocycles. The Labute approximate surface area is 206 Å². The number of nitrogens with zero attached hydrogens (tertiary/aromatic N) is 2. The van der Waals surface area contributed by atoms with Crippen molar-refractivity contribution in [2.24, 2.45) is 0 Å². The van der Waals surface area contributed by atoms with Crippen molar-refractivity contribution in [3.63, 3.8) is 0 Å². The number of phenolic OH excluding ortho intramolecular Hbond substituents is 1. The van der Waals surface area contributed by atoms with E-state index in [4.69, 9.17) is 33.7 Å². The van der Waals surface area contributed by atoms with Crippen molar-refractivity contribution < 1.29 is 27.4 Å². The van der Waals surface area contributed by atoms with Crippen molar-refractivity contribution >= 4 is 29.2 Å². The van der Waals surface area contributed by atoms with Crippen molar-refractivity contribution in [1.29, 1.82) is 0 Å². The van der Waals surface area contributed by atoms with Gasteiger partial charge in [-0.15, -0.1) is 0 Å².